The predicted octanol–water partition coefficient (Wildman–Crippen LogP) is 3.37. The molecule has 2 aliphatic rings. The Morgan fingerprint density at radius 2 is 1.88 bits per heavy atom. The van der Waals surface area contributed by atoms with Crippen LogP contribution in [0.4, 0.5) is 10.8 Å². The van der Waals surface area contributed by atoms with E-state index in [1.54, 1.807) is 0 Å². The summed E-state index contributed by atoms with van der Waals surface area (Å²) in [6, 6.07) is 8.63. The summed E-state index contributed by atoms with van der Waals surface area (Å²) in [5.41, 5.74) is 7.39. The molecule has 25 heavy (non-hydrogen) atoms. The van der Waals surface area contributed by atoms with Gasteiger partial charge in [0.05, 0.1) is 0 Å². The maximum Gasteiger partial charge on any atom is 0.315 e. The van der Waals surface area contributed by atoms with E-state index in [4.69, 9.17) is 10.2 Å². The SMILES string of the molecule is NC(=O)N1CCCCC[C@H]1C1CCN(c2nc3ccccc3o2)CC1. The number of anilines is 1. The van der Waals surface area contributed by atoms with Crippen molar-refractivity contribution in [3.63, 3.8) is 0 Å². The van der Waals surface area contributed by atoms with E-state index in [-0.39, 0.29) is 6.03 Å². The quantitative estimate of drug-likeness (QED) is 0.908. The minimum atomic E-state index is -0.256. The molecule has 0 unspecified atom stereocenters. The van der Waals surface area contributed by atoms with Crippen molar-refractivity contribution in [2.24, 2.45) is 11.7 Å². The van der Waals surface area contributed by atoms with Crippen molar-refractivity contribution >= 4 is 23.1 Å². The molecule has 0 spiro atoms. The number of fused-ring (bicyclic) bond motifs is 1. The van der Waals surface area contributed by atoms with Gasteiger partial charge in [0.25, 0.3) is 6.01 Å². The zero-order valence-electron chi connectivity index (χ0n) is 14.6. The lowest BCUT2D eigenvalue weighted by Gasteiger charge is -2.39. The number of likely N-dealkylation sites (tertiary alicyclic amines) is 1. The predicted molar refractivity (Wildman–Crippen MR) is 97.5 cm³/mol. The van der Waals surface area contributed by atoms with Crippen LogP contribution in [-0.2, 0) is 0 Å². The third-order valence-electron chi connectivity index (χ3n) is 5.72. The number of amides is 2. The fourth-order valence-electron chi connectivity index (χ4n) is 4.37. The lowest BCUT2D eigenvalue weighted by molar-refractivity contribution is 0.143. The van der Waals surface area contributed by atoms with Crippen molar-refractivity contribution in [1.29, 1.82) is 0 Å². The molecule has 2 aliphatic heterocycles. The molecule has 0 bridgehead atoms. The number of carbonyl (C=O) groups is 1. The Labute approximate surface area is 148 Å². The van der Waals surface area contributed by atoms with Crippen molar-refractivity contribution in [3.8, 4) is 0 Å². The number of urea groups is 1. The first kappa shape index (κ1) is 16.2. The van der Waals surface area contributed by atoms with E-state index in [1.165, 1.54) is 12.8 Å². The minimum absolute atomic E-state index is 0.256. The molecule has 2 aromatic rings. The Bertz CT molecular complexity index is 703. The van der Waals surface area contributed by atoms with Gasteiger partial charge in [-0.3, -0.25) is 0 Å². The topological polar surface area (TPSA) is 75.6 Å². The third kappa shape index (κ3) is 3.30. The summed E-state index contributed by atoms with van der Waals surface area (Å²) >= 11 is 0. The first-order chi connectivity index (χ1) is 12.2. The zero-order valence-corrected chi connectivity index (χ0v) is 14.6. The Kier molecular flexibility index (Phi) is 4.51. The number of carbonyl (C=O) groups excluding carboxylic acids is 1. The number of benzene rings is 1. The number of hydrogen-bond acceptors (Lipinski definition) is 4. The molecule has 0 aliphatic carbocycles. The maximum absolute atomic E-state index is 11.9. The number of primary amides is 1. The van der Waals surface area contributed by atoms with Crippen LogP contribution < -0.4 is 10.6 Å². The molecule has 3 heterocycles. The number of nitrogens with two attached hydrogens (primary N) is 1. The van der Waals surface area contributed by atoms with Gasteiger partial charge >= 0.3 is 6.03 Å². The Hall–Kier alpha value is -2.24. The van der Waals surface area contributed by atoms with Gasteiger partial charge in [0.1, 0.15) is 5.52 Å². The molecular formula is C19H26N4O2. The number of oxazole rings is 1. The first-order valence-corrected chi connectivity index (χ1v) is 9.39. The van der Waals surface area contributed by atoms with Crippen LogP contribution in [0.15, 0.2) is 28.7 Å². The second-order valence-electron chi connectivity index (χ2n) is 7.24. The van der Waals surface area contributed by atoms with Gasteiger partial charge in [-0.05, 0) is 43.7 Å². The number of para-hydroxylation sites is 2. The van der Waals surface area contributed by atoms with E-state index >= 15 is 0 Å². The average Bonchev–Trinajstić information content (AvgIpc) is 2.91. The lowest BCUT2D eigenvalue weighted by Crippen LogP contribution is -2.49. The smallest absolute Gasteiger partial charge is 0.315 e. The zero-order chi connectivity index (χ0) is 17.2. The van der Waals surface area contributed by atoms with Crippen molar-refractivity contribution in [3.05, 3.63) is 24.3 Å². The van der Waals surface area contributed by atoms with Crippen molar-refractivity contribution in [1.82, 2.24) is 9.88 Å². The highest BCUT2D eigenvalue weighted by Crippen LogP contribution is 2.32. The van der Waals surface area contributed by atoms with Gasteiger partial charge in [0.2, 0.25) is 0 Å². The molecule has 1 aromatic carbocycles. The molecule has 1 atom stereocenters. The Morgan fingerprint density at radius 3 is 2.64 bits per heavy atom. The highest BCUT2D eigenvalue weighted by Gasteiger charge is 2.34. The van der Waals surface area contributed by atoms with Gasteiger partial charge in [0, 0.05) is 25.7 Å². The van der Waals surface area contributed by atoms with Crippen LogP contribution in [0, 0.1) is 5.92 Å². The van der Waals surface area contributed by atoms with Gasteiger partial charge in [-0.15, -0.1) is 0 Å². The van der Waals surface area contributed by atoms with Crippen LogP contribution >= 0.6 is 0 Å². The molecule has 6 heteroatoms. The largest absolute Gasteiger partial charge is 0.423 e. The van der Waals surface area contributed by atoms with Gasteiger partial charge in [0.15, 0.2) is 5.58 Å². The average molecular weight is 342 g/mol. The summed E-state index contributed by atoms with van der Waals surface area (Å²) in [5, 5.41) is 0. The molecule has 2 saturated heterocycles. The van der Waals surface area contributed by atoms with Crippen LogP contribution in [0.25, 0.3) is 11.1 Å². The van der Waals surface area contributed by atoms with Crippen molar-refractivity contribution < 1.29 is 9.21 Å². The normalized spacial score (nSPS) is 23.0. The van der Waals surface area contributed by atoms with E-state index in [0.29, 0.717) is 18.0 Å². The van der Waals surface area contributed by atoms with Gasteiger partial charge in [-0.25, -0.2) is 4.79 Å². The standard InChI is InChI=1S/C19H26N4O2/c20-18(24)23-11-5-1-2-7-16(23)14-9-12-22(13-10-14)19-21-15-6-3-4-8-17(15)25-19/h3-4,6,8,14,16H,1-2,5,7,9-13H2,(H2,20,24)/t16-/m0/s1. The highest BCUT2D eigenvalue weighted by molar-refractivity contribution is 5.74. The van der Waals surface area contributed by atoms with E-state index in [2.05, 4.69) is 9.88 Å². The third-order valence-corrected chi connectivity index (χ3v) is 5.72. The van der Waals surface area contributed by atoms with E-state index in [1.807, 2.05) is 29.2 Å². The second kappa shape index (κ2) is 6.94. The van der Waals surface area contributed by atoms with Crippen LogP contribution in [0.5, 0.6) is 0 Å². The van der Waals surface area contributed by atoms with Crippen molar-refractivity contribution in [2.75, 3.05) is 24.5 Å². The molecule has 2 amide bonds. The fraction of sp³-hybridized carbons (Fsp3) is 0.579. The molecule has 0 radical (unpaired) electrons. The molecule has 4 rings (SSSR count). The summed E-state index contributed by atoms with van der Waals surface area (Å²) in [6.07, 6.45) is 6.64. The molecule has 6 nitrogen and oxygen atoms in total. The number of hydrogen-bond donors (Lipinski definition) is 1. The first-order valence-electron chi connectivity index (χ1n) is 9.39. The molecule has 0 saturated carbocycles. The second-order valence-corrected chi connectivity index (χ2v) is 7.24. The Morgan fingerprint density at radius 1 is 1.08 bits per heavy atom. The van der Waals surface area contributed by atoms with Crippen LogP contribution in [-0.4, -0.2) is 41.6 Å². The number of nitrogens with zero attached hydrogens (tertiary/aromatic N) is 3. The summed E-state index contributed by atoms with van der Waals surface area (Å²) in [7, 11) is 0. The van der Waals surface area contributed by atoms with Gasteiger partial charge in [-0.1, -0.05) is 25.0 Å². The summed E-state index contributed by atoms with van der Waals surface area (Å²) in [4.78, 5) is 20.6. The van der Waals surface area contributed by atoms with Crippen LogP contribution in [0.2, 0.25) is 0 Å². The van der Waals surface area contributed by atoms with Crippen LogP contribution in [0.3, 0.4) is 0 Å². The lowest BCUT2D eigenvalue weighted by atomic mass is 9.86. The fourth-order valence-corrected chi connectivity index (χ4v) is 4.37. The number of piperidine rings is 1. The van der Waals surface area contributed by atoms with Crippen molar-refractivity contribution in [2.45, 2.75) is 44.6 Å². The van der Waals surface area contributed by atoms with E-state index < -0.39 is 0 Å². The molecular weight excluding hydrogens is 316 g/mol. The number of rotatable bonds is 2. The van der Waals surface area contributed by atoms with Gasteiger partial charge in [-0.2, -0.15) is 4.98 Å². The van der Waals surface area contributed by atoms with Gasteiger partial charge < -0.3 is 20.0 Å². The maximum atomic E-state index is 11.9. The van der Waals surface area contributed by atoms with E-state index in [9.17, 15) is 4.79 Å². The van der Waals surface area contributed by atoms with Crippen LogP contribution in [0.1, 0.15) is 38.5 Å². The molecule has 2 N–H and O–H groups in total. The molecule has 1 aromatic heterocycles. The summed E-state index contributed by atoms with van der Waals surface area (Å²) < 4.78 is 5.90. The highest BCUT2D eigenvalue weighted by atomic mass is 16.4. The minimum Gasteiger partial charge on any atom is -0.423 e. The van der Waals surface area contributed by atoms with E-state index in [0.717, 1.165) is 56.4 Å². The number of aromatic nitrogens is 1. The summed E-state index contributed by atoms with van der Waals surface area (Å²) in [6.45, 7) is 2.65. The summed E-state index contributed by atoms with van der Waals surface area (Å²) in [5.74, 6) is 0.520. The monoisotopic (exact) mass is 342 g/mol. The molecule has 2 fully saturated rings. The molecule has 134 valence electrons. The Balaban J connectivity index is 1.44.